The van der Waals surface area contributed by atoms with Gasteiger partial charge in [0.2, 0.25) is 0 Å². The number of sulfonamides is 1. The van der Waals surface area contributed by atoms with Crippen molar-refractivity contribution in [2.75, 3.05) is 4.72 Å². The Morgan fingerprint density at radius 1 is 0.964 bits per heavy atom. The standard InChI is InChI=1S/C20H15N3O4S/c24-28(25,17-5-3-15-11-26-12-16(15)9-17)23-20-10-19(27-22-20)14-4-6-18-13(8-14)2-1-7-21-18/h1-10H,11-12H2,(H,22,23). The molecule has 0 amide bonds. The molecule has 0 aliphatic carbocycles. The molecule has 1 aliphatic heterocycles. The summed E-state index contributed by atoms with van der Waals surface area (Å²) in [6.45, 7) is 0.931. The van der Waals surface area contributed by atoms with E-state index in [0.29, 0.717) is 19.0 Å². The van der Waals surface area contributed by atoms with Crippen molar-refractivity contribution < 1.29 is 17.7 Å². The Kier molecular flexibility index (Phi) is 3.88. The number of hydrogen-bond acceptors (Lipinski definition) is 6. The van der Waals surface area contributed by atoms with Crippen molar-refractivity contribution in [3.63, 3.8) is 0 Å². The molecular weight excluding hydrogens is 378 g/mol. The molecule has 140 valence electrons. The first-order chi connectivity index (χ1) is 13.6. The van der Waals surface area contributed by atoms with Crippen molar-refractivity contribution in [2.45, 2.75) is 18.1 Å². The minimum absolute atomic E-state index is 0.123. The number of rotatable bonds is 4. The summed E-state index contributed by atoms with van der Waals surface area (Å²) in [5, 5.41) is 4.81. The van der Waals surface area contributed by atoms with Crippen LogP contribution in [0.5, 0.6) is 0 Å². The number of nitrogens with zero attached hydrogens (tertiary/aromatic N) is 2. The van der Waals surface area contributed by atoms with Gasteiger partial charge in [0.1, 0.15) is 0 Å². The third kappa shape index (κ3) is 3.02. The zero-order valence-electron chi connectivity index (χ0n) is 14.6. The number of hydrogen-bond donors (Lipinski definition) is 1. The second-order valence-corrected chi connectivity index (χ2v) is 8.20. The van der Waals surface area contributed by atoms with E-state index in [2.05, 4.69) is 14.9 Å². The maximum Gasteiger partial charge on any atom is 0.263 e. The number of fused-ring (bicyclic) bond motifs is 2. The fraction of sp³-hybridized carbons (Fsp3) is 0.100. The molecule has 0 spiro atoms. The van der Waals surface area contributed by atoms with Crippen LogP contribution in [0.4, 0.5) is 5.82 Å². The molecule has 2 aromatic carbocycles. The van der Waals surface area contributed by atoms with Crippen LogP contribution < -0.4 is 4.72 Å². The highest BCUT2D eigenvalue weighted by atomic mass is 32.2. The number of nitrogens with one attached hydrogen (secondary N) is 1. The van der Waals surface area contributed by atoms with Crippen LogP contribution in [0.25, 0.3) is 22.2 Å². The molecule has 3 heterocycles. The minimum atomic E-state index is -3.78. The first kappa shape index (κ1) is 16.9. The first-order valence-electron chi connectivity index (χ1n) is 8.63. The van der Waals surface area contributed by atoms with E-state index < -0.39 is 10.0 Å². The third-order valence-corrected chi connectivity index (χ3v) is 5.99. The summed E-state index contributed by atoms with van der Waals surface area (Å²) in [5.74, 6) is 0.587. The predicted molar refractivity (Wildman–Crippen MR) is 103 cm³/mol. The molecule has 0 fully saturated rings. The fourth-order valence-electron chi connectivity index (χ4n) is 3.20. The molecule has 0 unspecified atom stereocenters. The van der Waals surface area contributed by atoms with Crippen LogP contribution >= 0.6 is 0 Å². The van der Waals surface area contributed by atoms with E-state index in [0.717, 1.165) is 27.6 Å². The van der Waals surface area contributed by atoms with Crippen LogP contribution in [-0.2, 0) is 28.0 Å². The molecule has 0 radical (unpaired) electrons. The Morgan fingerprint density at radius 3 is 2.79 bits per heavy atom. The SMILES string of the molecule is O=S(=O)(Nc1cc(-c2ccc3ncccc3c2)on1)c1ccc2c(c1)COC2. The van der Waals surface area contributed by atoms with E-state index in [1.54, 1.807) is 30.5 Å². The zero-order valence-corrected chi connectivity index (χ0v) is 15.4. The molecular formula is C20H15N3O4S. The Hall–Kier alpha value is -3.23. The van der Waals surface area contributed by atoms with Crippen molar-refractivity contribution in [1.82, 2.24) is 10.1 Å². The van der Waals surface area contributed by atoms with Gasteiger partial charge < -0.3 is 9.26 Å². The van der Waals surface area contributed by atoms with E-state index in [1.807, 2.05) is 30.3 Å². The van der Waals surface area contributed by atoms with Gasteiger partial charge in [-0.1, -0.05) is 17.3 Å². The second kappa shape index (κ2) is 6.43. The molecule has 0 saturated carbocycles. The van der Waals surface area contributed by atoms with E-state index in [9.17, 15) is 8.42 Å². The fourth-order valence-corrected chi connectivity index (χ4v) is 4.23. The van der Waals surface area contributed by atoms with E-state index >= 15 is 0 Å². The molecule has 0 atom stereocenters. The Labute approximate surface area is 161 Å². The van der Waals surface area contributed by atoms with Gasteiger partial charge in [-0.25, -0.2) is 8.42 Å². The summed E-state index contributed by atoms with van der Waals surface area (Å²) in [6, 6.07) is 16.0. The van der Waals surface area contributed by atoms with Crippen LogP contribution in [0.2, 0.25) is 0 Å². The zero-order chi connectivity index (χ0) is 19.1. The van der Waals surface area contributed by atoms with Crippen LogP contribution in [0.15, 0.2) is 70.2 Å². The quantitative estimate of drug-likeness (QED) is 0.568. The van der Waals surface area contributed by atoms with Gasteiger partial charge in [-0.3, -0.25) is 9.71 Å². The monoisotopic (exact) mass is 393 g/mol. The maximum absolute atomic E-state index is 12.7. The van der Waals surface area contributed by atoms with Gasteiger partial charge in [0.15, 0.2) is 11.6 Å². The molecule has 2 aromatic heterocycles. The van der Waals surface area contributed by atoms with Crippen molar-refractivity contribution in [2.24, 2.45) is 0 Å². The van der Waals surface area contributed by atoms with Gasteiger partial charge in [-0.2, -0.15) is 0 Å². The lowest BCUT2D eigenvalue weighted by atomic mass is 10.1. The highest BCUT2D eigenvalue weighted by Gasteiger charge is 2.20. The average Bonchev–Trinajstić information content (AvgIpc) is 3.36. The number of aromatic nitrogens is 2. The third-order valence-electron chi connectivity index (χ3n) is 4.64. The number of ether oxygens (including phenoxy) is 1. The largest absolute Gasteiger partial charge is 0.372 e. The summed E-state index contributed by atoms with van der Waals surface area (Å²) < 4.78 is 38.5. The maximum atomic E-state index is 12.7. The van der Waals surface area contributed by atoms with Crippen LogP contribution in [-0.4, -0.2) is 18.6 Å². The number of pyridine rings is 1. The Morgan fingerprint density at radius 2 is 1.86 bits per heavy atom. The van der Waals surface area contributed by atoms with Gasteiger partial charge in [0.05, 0.1) is 23.6 Å². The Bertz CT molecular complexity index is 1300. The van der Waals surface area contributed by atoms with Crippen molar-refractivity contribution in [1.29, 1.82) is 0 Å². The van der Waals surface area contributed by atoms with Crippen molar-refractivity contribution in [3.8, 4) is 11.3 Å². The van der Waals surface area contributed by atoms with Gasteiger partial charge in [-0.15, -0.1) is 0 Å². The van der Waals surface area contributed by atoms with Crippen molar-refractivity contribution >= 4 is 26.7 Å². The highest BCUT2D eigenvalue weighted by molar-refractivity contribution is 7.92. The molecule has 0 bridgehead atoms. The molecule has 28 heavy (non-hydrogen) atoms. The van der Waals surface area contributed by atoms with E-state index in [-0.39, 0.29) is 10.7 Å². The lowest BCUT2D eigenvalue weighted by Crippen LogP contribution is -2.13. The van der Waals surface area contributed by atoms with Gasteiger partial charge in [0.25, 0.3) is 10.0 Å². The molecule has 1 aliphatic rings. The van der Waals surface area contributed by atoms with E-state index in [4.69, 9.17) is 9.26 Å². The normalized spacial score (nSPS) is 13.6. The molecule has 1 N–H and O–H groups in total. The predicted octanol–water partition coefficient (Wildman–Crippen LogP) is 3.72. The Balaban J connectivity index is 1.42. The highest BCUT2D eigenvalue weighted by Crippen LogP contribution is 2.28. The summed E-state index contributed by atoms with van der Waals surface area (Å²) in [4.78, 5) is 4.45. The second-order valence-electron chi connectivity index (χ2n) is 6.52. The minimum Gasteiger partial charge on any atom is -0.372 e. The van der Waals surface area contributed by atoms with Crippen LogP contribution in [0.3, 0.4) is 0 Å². The summed E-state index contributed by atoms with van der Waals surface area (Å²) >= 11 is 0. The molecule has 0 saturated heterocycles. The van der Waals surface area contributed by atoms with Gasteiger partial charge >= 0.3 is 0 Å². The molecule has 8 heteroatoms. The van der Waals surface area contributed by atoms with Gasteiger partial charge in [0, 0.05) is 23.2 Å². The molecule has 7 nitrogen and oxygen atoms in total. The summed E-state index contributed by atoms with van der Waals surface area (Å²) in [6.07, 6.45) is 1.73. The average molecular weight is 393 g/mol. The lowest BCUT2D eigenvalue weighted by Gasteiger charge is -2.06. The molecule has 5 rings (SSSR count). The van der Waals surface area contributed by atoms with Crippen LogP contribution in [0.1, 0.15) is 11.1 Å². The van der Waals surface area contributed by atoms with Crippen molar-refractivity contribution in [3.05, 3.63) is 71.9 Å². The van der Waals surface area contributed by atoms with Gasteiger partial charge in [-0.05, 0) is 47.5 Å². The summed E-state index contributed by atoms with van der Waals surface area (Å²) in [5.41, 5.74) is 3.54. The molecule has 4 aromatic rings. The lowest BCUT2D eigenvalue weighted by molar-refractivity contribution is 0.134. The first-order valence-corrected chi connectivity index (χ1v) is 10.1. The summed E-state index contributed by atoms with van der Waals surface area (Å²) in [7, 11) is -3.78. The van der Waals surface area contributed by atoms with E-state index in [1.165, 1.54) is 0 Å². The topological polar surface area (TPSA) is 94.3 Å². The number of benzene rings is 2. The number of anilines is 1. The van der Waals surface area contributed by atoms with Crippen LogP contribution in [0, 0.1) is 0 Å². The smallest absolute Gasteiger partial charge is 0.263 e.